The van der Waals surface area contributed by atoms with Gasteiger partial charge in [0.05, 0.1) is 16.6 Å². The highest BCUT2D eigenvalue weighted by Gasteiger charge is 2.16. The van der Waals surface area contributed by atoms with Gasteiger partial charge >= 0.3 is 0 Å². The van der Waals surface area contributed by atoms with Gasteiger partial charge in [-0.2, -0.15) is 0 Å². The molecule has 2 aromatic rings. The number of anilines is 1. The molecule has 0 aliphatic carbocycles. The number of carboxylic acids is 1. The standard InChI is InChI=1S/C18H21NO4S/c1-4-12(2)14-7-9-16(10-8-14)24(22,23)19-17-11-15(18(20)21)6-5-13(17)3/h5-12,19H,4H2,1-3H3,(H,20,21)/p-1/t12-/m0/s1. The Kier molecular flexibility index (Phi) is 5.29. The van der Waals surface area contributed by atoms with Crippen molar-refractivity contribution in [3.05, 3.63) is 59.2 Å². The van der Waals surface area contributed by atoms with E-state index in [0.29, 0.717) is 11.5 Å². The second-order valence-electron chi connectivity index (χ2n) is 5.80. The molecule has 128 valence electrons. The van der Waals surface area contributed by atoms with Crippen LogP contribution in [0.25, 0.3) is 0 Å². The van der Waals surface area contributed by atoms with Gasteiger partial charge in [0.25, 0.3) is 10.0 Å². The number of benzene rings is 2. The van der Waals surface area contributed by atoms with Gasteiger partial charge in [-0.3, -0.25) is 4.72 Å². The van der Waals surface area contributed by atoms with Crippen molar-refractivity contribution < 1.29 is 18.3 Å². The van der Waals surface area contributed by atoms with Crippen LogP contribution < -0.4 is 9.83 Å². The fourth-order valence-corrected chi connectivity index (χ4v) is 3.40. The number of hydrogen-bond acceptors (Lipinski definition) is 4. The Labute approximate surface area is 142 Å². The van der Waals surface area contributed by atoms with E-state index >= 15 is 0 Å². The number of carbonyl (C=O) groups excluding carboxylic acids is 1. The van der Waals surface area contributed by atoms with E-state index in [4.69, 9.17) is 0 Å². The topological polar surface area (TPSA) is 86.3 Å². The Bertz CT molecular complexity index is 842. The van der Waals surface area contributed by atoms with Crippen molar-refractivity contribution in [2.45, 2.75) is 38.0 Å². The third kappa shape index (κ3) is 3.94. The molecule has 0 bridgehead atoms. The summed E-state index contributed by atoms with van der Waals surface area (Å²) in [5.74, 6) is -0.995. The van der Waals surface area contributed by atoms with Crippen LogP contribution in [0.5, 0.6) is 0 Å². The van der Waals surface area contributed by atoms with Crippen molar-refractivity contribution in [2.75, 3.05) is 4.72 Å². The predicted octanol–water partition coefficient (Wildman–Crippen LogP) is 2.67. The summed E-state index contributed by atoms with van der Waals surface area (Å²) in [5.41, 5.74) is 1.85. The van der Waals surface area contributed by atoms with Crippen LogP contribution in [-0.4, -0.2) is 14.4 Å². The van der Waals surface area contributed by atoms with E-state index < -0.39 is 16.0 Å². The van der Waals surface area contributed by atoms with E-state index in [2.05, 4.69) is 18.6 Å². The zero-order valence-electron chi connectivity index (χ0n) is 13.9. The first kappa shape index (κ1) is 18.0. The van der Waals surface area contributed by atoms with Gasteiger partial charge in [-0.05, 0) is 54.2 Å². The minimum absolute atomic E-state index is 0.0783. The van der Waals surface area contributed by atoms with E-state index in [9.17, 15) is 18.3 Å². The second-order valence-corrected chi connectivity index (χ2v) is 7.48. The predicted molar refractivity (Wildman–Crippen MR) is 91.5 cm³/mol. The highest BCUT2D eigenvalue weighted by Crippen LogP contribution is 2.24. The molecule has 0 fully saturated rings. The molecule has 0 spiro atoms. The number of carboxylic acid groups (broad SMARTS) is 1. The number of aromatic carboxylic acids is 1. The van der Waals surface area contributed by atoms with Crippen molar-refractivity contribution >= 4 is 21.7 Å². The van der Waals surface area contributed by atoms with Crippen LogP contribution in [-0.2, 0) is 10.0 Å². The fourth-order valence-electron chi connectivity index (χ4n) is 2.27. The maximum Gasteiger partial charge on any atom is 0.261 e. The van der Waals surface area contributed by atoms with Gasteiger partial charge < -0.3 is 9.90 Å². The highest BCUT2D eigenvalue weighted by atomic mass is 32.2. The molecular formula is C18H20NO4S-. The van der Waals surface area contributed by atoms with Crippen LogP contribution in [0.4, 0.5) is 5.69 Å². The molecule has 0 aromatic heterocycles. The maximum absolute atomic E-state index is 12.5. The smallest absolute Gasteiger partial charge is 0.261 e. The summed E-state index contributed by atoms with van der Waals surface area (Å²) in [6.45, 7) is 5.85. The van der Waals surface area contributed by atoms with Crippen molar-refractivity contribution in [1.29, 1.82) is 0 Å². The molecule has 6 heteroatoms. The van der Waals surface area contributed by atoms with Crippen molar-refractivity contribution in [2.24, 2.45) is 0 Å². The molecular weight excluding hydrogens is 326 g/mol. The third-order valence-electron chi connectivity index (χ3n) is 4.09. The molecule has 24 heavy (non-hydrogen) atoms. The molecule has 0 saturated heterocycles. The Morgan fingerprint density at radius 3 is 2.33 bits per heavy atom. The molecule has 2 aromatic carbocycles. The first-order valence-electron chi connectivity index (χ1n) is 7.69. The van der Waals surface area contributed by atoms with Crippen LogP contribution in [0, 0.1) is 6.92 Å². The summed E-state index contributed by atoms with van der Waals surface area (Å²) >= 11 is 0. The molecule has 0 radical (unpaired) electrons. The van der Waals surface area contributed by atoms with Gasteiger partial charge in [-0.1, -0.05) is 38.1 Å². The van der Waals surface area contributed by atoms with Crippen LogP contribution >= 0.6 is 0 Å². The zero-order valence-corrected chi connectivity index (χ0v) is 14.7. The average molecular weight is 346 g/mol. The summed E-state index contributed by atoms with van der Waals surface area (Å²) < 4.78 is 27.5. The summed E-state index contributed by atoms with van der Waals surface area (Å²) in [7, 11) is -3.79. The van der Waals surface area contributed by atoms with Gasteiger partial charge in [0, 0.05) is 0 Å². The largest absolute Gasteiger partial charge is 0.545 e. The highest BCUT2D eigenvalue weighted by molar-refractivity contribution is 7.92. The average Bonchev–Trinajstić information content (AvgIpc) is 2.55. The Morgan fingerprint density at radius 1 is 1.17 bits per heavy atom. The van der Waals surface area contributed by atoms with Crippen molar-refractivity contribution in [3.63, 3.8) is 0 Å². The van der Waals surface area contributed by atoms with E-state index in [-0.39, 0.29) is 16.1 Å². The lowest BCUT2D eigenvalue weighted by Gasteiger charge is -2.14. The number of nitrogens with one attached hydrogen (secondary N) is 1. The van der Waals surface area contributed by atoms with E-state index in [0.717, 1.165) is 12.0 Å². The molecule has 2 rings (SSSR count). The minimum atomic E-state index is -3.79. The van der Waals surface area contributed by atoms with E-state index in [1.807, 2.05) is 0 Å². The molecule has 0 aliphatic rings. The summed E-state index contributed by atoms with van der Waals surface area (Å²) in [4.78, 5) is 11.1. The number of sulfonamides is 1. The second kappa shape index (κ2) is 7.05. The molecule has 5 nitrogen and oxygen atoms in total. The lowest BCUT2D eigenvalue weighted by Crippen LogP contribution is -2.22. The molecule has 1 atom stereocenters. The van der Waals surface area contributed by atoms with E-state index in [1.165, 1.54) is 18.2 Å². The Morgan fingerprint density at radius 2 is 1.79 bits per heavy atom. The number of rotatable bonds is 6. The summed E-state index contributed by atoms with van der Waals surface area (Å²) in [6, 6.07) is 10.9. The molecule has 1 N–H and O–H groups in total. The lowest BCUT2D eigenvalue weighted by atomic mass is 9.99. The summed E-state index contributed by atoms with van der Waals surface area (Å²) in [6.07, 6.45) is 0.972. The van der Waals surface area contributed by atoms with Gasteiger partial charge in [-0.15, -0.1) is 0 Å². The molecule has 0 amide bonds. The van der Waals surface area contributed by atoms with Crippen LogP contribution in [0.2, 0.25) is 0 Å². The monoisotopic (exact) mass is 346 g/mol. The maximum atomic E-state index is 12.5. The van der Waals surface area contributed by atoms with Crippen LogP contribution in [0.1, 0.15) is 47.7 Å². The quantitative estimate of drug-likeness (QED) is 0.871. The van der Waals surface area contributed by atoms with Gasteiger partial charge in [-0.25, -0.2) is 8.42 Å². The Balaban J connectivity index is 2.32. The van der Waals surface area contributed by atoms with Gasteiger partial charge in [0.1, 0.15) is 0 Å². The van der Waals surface area contributed by atoms with Gasteiger partial charge in [0.15, 0.2) is 0 Å². The normalized spacial score (nSPS) is 12.6. The minimum Gasteiger partial charge on any atom is -0.545 e. The molecule has 0 aliphatic heterocycles. The van der Waals surface area contributed by atoms with Crippen molar-refractivity contribution in [1.82, 2.24) is 0 Å². The first-order valence-corrected chi connectivity index (χ1v) is 9.17. The zero-order chi connectivity index (χ0) is 17.9. The SMILES string of the molecule is CC[C@H](C)c1ccc(S(=O)(=O)Nc2cc(C(=O)[O-])ccc2C)cc1. The molecule has 0 unspecified atom stereocenters. The van der Waals surface area contributed by atoms with E-state index in [1.54, 1.807) is 31.2 Å². The fraction of sp³-hybridized carbons (Fsp3) is 0.278. The summed E-state index contributed by atoms with van der Waals surface area (Å²) in [5, 5.41) is 10.9. The van der Waals surface area contributed by atoms with Crippen LogP contribution in [0.15, 0.2) is 47.4 Å². The molecule has 0 saturated carbocycles. The number of hydrogen-bond donors (Lipinski definition) is 1. The third-order valence-corrected chi connectivity index (χ3v) is 5.47. The number of carbonyl (C=O) groups is 1. The lowest BCUT2D eigenvalue weighted by molar-refractivity contribution is -0.255. The Hall–Kier alpha value is -2.34. The molecule has 0 heterocycles. The van der Waals surface area contributed by atoms with Gasteiger partial charge in [0.2, 0.25) is 0 Å². The van der Waals surface area contributed by atoms with Crippen LogP contribution in [0.3, 0.4) is 0 Å². The van der Waals surface area contributed by atoms with Crippen molar-refractivity contribution in [3.8, 4) is 0 Å². The first-order chi connectivity index (χ1) is 11.2. The number of aryl methyl sites for hydroxylation is 1.